The van der Waals surface area contributed by atoms with Gasteiger partial charge in [0.2, 0.25) is 11.8 Å². The first-order valence-electron chi connectivity index (χ1n) is 6.63. The molecule has 0 saturated carbocycles. The molecule has 3 unspecified atom stereocenters. The summed E-state index contributed by atoms with van der Waals surface area (Å²) in [6, 6.07) is -0.0000334. The summed E-state index contributed by atoms with van der Waals surface area (Å²) in [5.41, 5.74) is 0. The first-order valence-corrected chi connectivity index (χ1v) is 6.63. The van der Waals surface area contributed by atoms with Gasteiger partial charge in [-0.15, -0.1) is 0 Å². The van der Waals surface area contributed by atoms with Gasteiger partial charge in [0, 0.05) is 12.1 Å². The molecular formula is C13H24N2O2. The Balaban J connectivity index is 2.61. The normalized spacial score (nSPS) is 24.2. The van der Waals surface area contributed by atoms with Crippen molar-refractivity contribution >= 4 is 11.8 Å². The van der Waals surface area contributed by atoms with Crippen LogP contribution in [0.1, 0.15) is 53.4 Å². The molecule has 4 nitrogen and oxygen atoms in total. The lowest BCUT2D eigenvalue weighted by Gasteiger charge is -2.22. The Bertz CT molecular complexity index is 291. The van der Waals surface area contributed by atoms with Crippen LogP contribution in [0.4, 0.5) is 0 Å². The van der Waals surface area contributed by atoms with Crippen molar-refractivity contribution in [2.75, 3.05) is 0 Å². The third kappa shape index (κ3) is 3.28. The van der Waals surface area contributed by atoms with E-state index in [0.29, 0.717) is 12.5 Å². The highest BCUT2D eigenvalue weighted by atomic mass is 16.2. The van der Waals surface area contributed by atoms with E-state index in [0.717, 1.165) is 19.3 Å². The summed E-state index contributed by atoms with van der Waals surface area (Å²) < 4.78 is 0. The number of likely N-dealkylation sites (tertiary alicyclic amines) is 1. The Hall–Kier alpha value is -0.900. The van der Waals surface area contributed by atoms with E-state index in [1.807, 2.05) is 13.8 Å². The van der Waals surface area contributed by atoms with Crippen LogP contribution in [0.5, 0.6) is 0 Å². The minimum atomic E-state index is -0.307. The summed E-state index contributed by atoms with van der Waals surface area (Å²) in [5, 5.41) is 3.26. The average Bonchev–Trinajstić information content (AvgIpc) is 2.54. The smallest absolute Gasteiger partial charge is 0.247 e. The van der Waals surface area contributed by atoms with Crippen molar-refractivity contribution in [3.63, 3.8) is 0 Å². The minimum Gasteiger partial charge on any atom is -0.303 e. The molecule has 1 aliphatic heterocycles. The number of amides is 2. The summed E-state index contributed by atoms with van der Waals surface area (Å²) in [7, 11) is 0. The summed E-state index contributed by atoms with van der Waals surface area (Å²) >= 11 is 0. The predicted molar refractivity (Wildman–Crippen MR) is 67.5 cm³/mol. The molecule has 1 N–H and O–H groups in total. The van der Waals surface area contributed by atoms with Gasteiger partial charge in [-0.25, -0.2) is 0 Å². The van der Waals surface area contributed by atoms with Gasteiger partial charge >= 0.3 is 0 Å². The molecule has 1 rings (SSSR count). The Labute approximate surface area is 104 Å². The maximum Gasteiger partial charge on any atom is 0.247 e. The van der Waals surface area contributed by atoms with Crippen molar-refractivity contribution in [1.29, 1.82) is 0 Å². The number of carbonyl (C=O) groups excluding carboxylic acids is 2. The zero-order valence-electron chi connectivity index (χ0n) is 11.3. The van der Waals surface area contributed by atoms with Crippen molar-refractivity contribution in [2.45, 2.75) is 71.5 Å². The largest absolute Gasteiger partial charge is 0.303 e. The summed E-state index contributed by atoms with van der Waals surface area (Å²) in [6.07, 6.45) is 3.24. The SMILES string of the molecule is CCCC(C)NC1CC(=O)N(C(C)CC)C1=O. The molecule has 0 aromatic carbocycles. The molecule has 0 spiro atoms. The zero-order chi connectivity index (χ0) is 13.0. The van der Waals surface area contributed by atoms with Crippen LogP contribution in [-0.2, 0) is 9.59 Å². The van der Waals surface area contributed by atoms with Crippen LogP contribution in [0, 0.1) is 0 Å². The number of nitrogens with one attached hydrogen (secondary N) is 1. The lowest BCUT2D eigenvalue weighted by atomic mass is 10.1. The van der Waals surface area contributed by atoms with Gasteiger partial charge in [-0.3, -0.25) is 14.5 Å². The lowest BCUT2D eigenvalue weighted by molar-refractivity contribution is -0.141. The zero-order valence-corrected chi connectivity index (χ0v) is 11.3. The number of carbonyl (C=O) groups is 2. The fourth-order valence-corrected chi connectivity index (χ4v) is 2.29. The molecule has 1 fully saturated rings. The van der Waals surface area contributed by atoms with Crippen LogP contribution in [0.3, 0.4) is 0 Å². The second kappa shape index (κ2) is 6.15. The number of rotatable bonds is 6. The number of imide groups is 1. The van der Waals surface area contributed by atoms with Gasteiger partial charge in [-0.2, -0.15) is 0 Å². The van der Waals surface area contributed by atoms with Crippen LogP contribution < -0.4 is 5.32 Å². The average molecular weight is 240 g/mol. The fraction of sp³-hybridized carbons (Fsp3) is 0.846. The second-order valence-corrected chi connectivity index (χ2v) is 4.97. The molecule has 2 amide bonds. The number of hydrogen-bond donors (Lipinski definition) is 1. The number of nitrogens with zero attached hydrogens (tertiary/aromatic N) is 1. The van der Waals surface area contributed by atoms with E-state index in [1.165, 1.54) is 4.90 Å². The Morgan fingerprint density at radius 2 is 2.00 bits per heavy atom. The molecule has 1 aliphatic rings. The van der Waals surface area contributed by atoms with Crippen molar-refractivity contribution in [3.8, 4) is 0 Å². The van der Waals surface area contributed by atoms with Crippen LogP contribution in [0.2, 0.25) is 0 Å². The molecule has 1 heterocycles. The first-order chi connectivity index (χ1) is 8.01. The Kier molecular flexibility index (Phi) is 5.12. The second-order valence-electron chi connectivity index (χ2n) is 4.97. The van der Waals surface area contributed by atoms with Gasteiger partial charge < -0.3 is 5.32 Å². The molecule has 0 bridgehead atoms. The van der Waals surface area contributed by atoms with E-state index in [9.17, 15) is 9.59 Å². The lowest BCUT2D eigenvalue weighted by Crippen LogP contribution is -2.45. The molecule has 17 heavy (non-hydrogen) atoms. The van der Waals surface area contributed by atoms with E-state index in [4.69, 9.17) is 0 Å². The molecule has 98 valence electrons. The molecule has 0 aromatic heterocycles. The van der Waals surface area contributed by atoms with Crippen molar-refractivity contribution in [3.05, 3.63) is 0 Å². The minimum absolute atomic E-state index is 0.0169. The summed E-state index contributed by atoms with van der Waals surface area (Å²) in [6.45, 7) is 8.10. The predicted octanol–water partition coefficient (Wildman–Crippen LogP) is 1.69. The van der Waals surface area contributed by atoms with E-state index in [1.54, 1.807) is 0 Å². The fourth-order valence-electron chi connectivity index (χ4n) is 2.29. The monoisotopic (exact) mass is 240 g/mol. The molecule has 1 saturated heterocycles. The first kappa shape index (κ1) is 14.2. The molecule has 4 heteroatoms. The third-order valence-corrected chi connectivity index (χ3v) is 3.42. The highest BCUT2D eigenvalue weighted by Crippen LogP contribution is 2.18. The van der Waals surface area contributed by atoms with E-state index in [2.05, 4.69) is 19.2 Å². The van der Waals surface area contributed by atoms with Gasteiger partial charge in [0.05, 0.1) is 12.5 Å². The van der Waals surface area contributed by atoms with Crippen LogP contribution >= 0.6 is 0 Å². The molecule has 0 aliphatic carbocycles. The van der Waals surface area contributed by atoms with Crippen LogP contribution in [0.25, 0.3) is 0 Å². The topological polar surface area (TPSA) is 49.4 Å². The van der Waals surface area contributed by atoms with Crippen LogP contribution in [-0.4, -0.2) is 34.8 Å². The highest BCUT2D eigenvalue weighted by Gasteiger charge is 2.40. The van der Waals surface area contributed by atoms with Gasteiger partial charge in [-0.1, -0.05) is 20.3 Å². The van der Waals surface area contributed by atoms with Gasteiger partial charge in [0.1, 0.15) is 0 Å². The molecule has 0 radical (unpaired) electrons. The highest BCUT2D eigenvalue weighted by molar-refractivity contribution is 6.05. The van der Waals surface area contributed by atoms with Gasteiger partial charge in [-0.05, 0) is 26.7 Å². The Morgan fingerprint density at radius 1 is 1.35 bits per heavy atom. The third-order valence-electron chi connectivity index (χ3n) is 3.42. The maximum atomic E-state index is 12.1. The van der Waals surface area contributed by atoms with Gasteiger partial charge in [0.25, 0.3) is 0 Å². The van der Waals surface area contributed by atoms with Crippen molar-refractivity contribution < 1.29 is 9.59 Å². The number of hydrogen-bond acceptors (Lipinski definition) is 3. The van der Waals surface area contributed by atoms with Crippen LogP contribution in [0.15, 0.2) is 0 Å². The molecule has 0 aromatic rings. The van der Waals surface area contributed by atoms with Crippen molar-refractivity contribution in [1.82, 2.24) is 10.2 Å². The Morgan fingerprint density at radius 3 is 2.53 bits per heavy atom. The quantitative estimate of drug-likeness (QED) is 0.719. The standard InChI is InChI=1S/C13H24N2O2/c1-5-7-9(3)14-11-8-12(16)15(13(11)17)10(4)6-2/h9-11,14H,5-8H2,1-4H3. The van der Waals surface area contributed by atoms with Gasteiger partial charge in [0.15, 0.2) is 0 Å². The summed E-state index contributed by atoms with van der Waals surface area (Å²) in [5.74, 6) is -0.0853. The molecule has 3 atom stereocenters. The van der Waals surface area contributed by atoms with E-state index in [-0.39, 0.29) is 23.9 Å². The summed E-state index contributed by atoms with van der Waals surface area (Å²) in [4.78, 5) is 25.3. The van der Waals surface area contributed by atoms with E-state index >= 15 is 0 Å². The van der Waals surface area contributed by atoms with E-state index < -0.39 is 0 Å². The maximum absolute atomic E-state index is 12.1. The van der Waals surface area contributed by atoms with Crippen molar-refractivity contribution in [2.24, 2.45) is 0 Å². The molecular weight excluding hydrogens is 216 g/mol.